The van der Waals surface area contributed by atoms with Crippen molar-refractivity contribution in [1.29, 1.82) is 0 Å². The third-order valence-electron chi connectivity index (χ3n) is 5.34. The molecule has 0 radical (unpaired) electrons. The van der Waals surface area contributed by atoms with Crippen LogP contribution in [0.2, 0.25) is 0 Å². The predicted octanol–water partition coefficient (Wildman–Crippen LogP) is 2.92. The molecule has 0 fully saturated rings. The summed E-state index contributed by atoms with van der Waals surface area (Å²) in [7, 11) is 1.68. The van der Waals surface area contributed by atoms with Crippen molar-refractivity contribution in [3.63, 3.8) is 0 Å². The summed E-state index contributed by atoms with van der Waals surface area (Å²) in [5.74, 6) is -0.972. The van der Waals surface area contributed by atoms with Crippen molar-refractivity contribution in [2.75, 3.05) is 53.2 Å². The minimum atomic E-state index is -0.729. The highest BCUT2D eigenvalue weighted by Gasteiger charge is 2.18. The minimum Gasteiger partial charge on any atom is -0.492 e. The van der Waals surface area contributed by atoms with Crippen LogP contribution in [0.25, 0.3) is 0 Å². The molecule has 0 aromatic heterocycles. The molecule has 0 aliphatic rings. The number of unbranched alkanes of at least 4 members (excludes halogenated alkanes) is 1. The zero-order chi connectivity index (χ0) is 36.3. The highest BCUT2D eigenvalue weighted by Crippen LogP contribution is 2.17. The van der Waals surface area contributed by atoms with Gasteiger partial charge in [-0.05, 0) is 66.8 Å². The van der Waals surface area contributed by atoms with Crippen molar-refractivity contribution in [3.05, 3.63) is 59.7 Å². The zero-order valence-electron chi connectivity index (χ0n) is 29.1. The van der Waals surface area contributed by atoms with Crippen LogP contribution in [0.15, 0.2) is 69.7 Å². The molecule has 3 amide bonds. The summed E-state index contributed by atoms with van der Waals surface area (Å²) in [5.41, 5.74) is 11.7. The third-order valence-corrected chi connectivity index (χ3v) is 5.34. The third kappa shape index (κ3) is 23.3. The number of hydrogen-bond donors (Lipinski definition) is 4. The van der Waals surface area contributed by atoms with Crippen molar-refractivity contribution >= 4 is 36.6 Å². The Kier molecular flexibility index (Phi) is 25.0. The van der Waals surface area contributed by atoms with E-state index in [9.17, 15) is 19.2 Å². The van der Waals surface area contributed by atoms with E-state index in [-0.39, 0.29) is 56.4 Å². The second-order valence-electron chi connectivity index (χ2n) is 10.6. The number of alkyl carbamates (subject to hydrolysis) is 1. The molecule has 14 nitrogen and oxygen atoms in total. The highest BCUT2D eigenvalue weighted by atomic mass is 16.6. The lowest BCUT2D eigenvalue weighted by Crippen LogP contribution is -2.41. The first-order chi connectivity index (χ1) is 22.2. The number of allylic oxidation sites excluding steroid dienone is 2. The summed E-state index contributed by atoms with van der Waals surface area (Å²) in [6.07, 6.45) is 8.56. The topological polar surface area (TPSA) is 200 Å². The molecule has 0 aromatic carbocycles. The highest BCUT2D eigenvalue weighted by molar-refractivity contribution is 6.43. The molecule has 0 bridgehead atoms. The maximum Gasteiger partial charge on any atom is 0.407 e. The Bertz CT molecular complexity index is 1160. The molecule has 0 spiro atoms. The quantitative estimate of drug-likeness (QED) is 0.0209. The molecular weight excluding hydrogens is 606 g/mol. The Hall–Kier alpha value is -4.72. The van der Waals surface area contributed by atoms with Gasteiger partial charge in [-0.1, -0.05) is 24.8 Å². The van der Waals surface area contributed by atoms with Gasteiger partial charge >= 0.3 is 6.09 Å². The van der Waals surface area contributed by atoms with E-state index in [1.807, 2.05) is 6.92 Å². The number of methoxy groups -OCH3 is 1. The monoisotopic (exact) mass is 661 g/mol. The molecule has 47 heavy (non-hydrogen) atoms. The first-order valence-electron chi connectivity index (χ1n) is 15.2. The fraction of sp³-hybridized carbons (Fsp3) is 0.515. The second-order valence-corrected chi connectivity index (χ2v) is 10.6. The molecule has 0 saturated heterocycles. The van der Waals surface area contributed by atoms with Crippen molar-refractivity contribution in [3.8, 4) is 0 Å². The number of nitrogens with zero attached hydrogens (tertiary/aromatic N) is 3. The van der Waals surface area contributed by atoms with Crippen LogP contribution in [0.1, 0.15) is 54.4 Å². The normalized spacial score (nSPS) is 12.6. The van der Waals surface area contributed by atoms with Gasteiger partial charge in [0.15, 0.2) is 0 Å². The molecule has 6 N–H and O–H groups in total. The Morgan fingerprint density at radius 3 is 2.21 bits per heavy atom. The van der Waals surface area contributed by atoms with E-state index in [0.717, 1.165) is 12.9 Å². The summed E-state index contributed by atoms with van der Waals surface area (Å²) < 4.78 is 15.8. The Morgan fingerprint density at radius 2 is 1.72 bits per heavy atom. The second kappa shape index (κ2) is 26.5. The number of aliphatic imine (C=N–C) groups is 2. The summed E-state index contributed by atoms with van der Waals surface area (Å²) in [4.78, 5) is 57.7. The van der Waals surface area contributed by atoms with Gasteiger partial charge in [-0.25, -0.2) is 4.79 Å². The molecule has 264 valence electrons. The molecule has 0 saturated carbocycles. The summed E-state index contributed by atoms with van der Waals surface area (Å²) in [6, 6.07) is 0. The molecule has 0 aromatic rings. The Morgan fingerprint density at radius 1 is 1.06 bits per heavy atom. The maximum absolute atomic E-state index is 13.0. The van der Waals surface area contributed by atoms with Crippen LogP contribution in [-0.4, -0.2) is 100 Å². The number of amides is 3. The molecular formula is C33H55N7O7. The van der Waals surface area contributed by atoms with Crippen molar-refractivity contribution in [2.24, 2.45) is 21.5 Å². The largest absolute Gasteiger partial charge is 0.492 e. The number of nitrogens with two attached hydrogens (primary N) is 2. The van der Waals surface area contributed by atoms with E-state index in [1.54, 1.807) is 58.8 Å². The molecule has 0 heterocycles. The van der Waals surface area contributed by atoms with Crippen molar-refractivity contribution < 1.29 is 33.4 Å². The zero-order valence-corrected chi connectivity index (χ0v) is 29.1. The van der Waals surface area contributed by atoms with Crippen LogP contribution in [0.4, 0.5) is 4.79 Å². The first-order valence-corrected chi connectivity index (χ1v) is 15.2. The van der Waals surface area contributed by atoms with E-state index < -0.39 is 23.5 Å². The van der Waals surface area contributed by atoms with Gasteiger partial charge in [-0.15, -0.1) is 0 Å². The molecule has 0 atom stereocenters. The van der Waals surface area contributed by atoms with Gasteiger partial charge in [-0.3, -0.25) is 19.6 Å². The van der Waals surface area contributed by atoms with Gasteiger partial charge in [0.25, 0.3) is 5.91 Å². The number of ether oxygens (including phenoxy) is 3. The number of rotatable bonds is 21. The van der Waals surface area contributed by atoms with Gasteiger partial charge in [-0.2, -0.15) is 0 Å². The summed E-state index contributed by atoms with van der Waals surface area (Å²) in [6.45, 7) is 19.6. The first kappa shape index (κ1) is 44.4. The average Bonchev–Trinajstić information content (AvgIpc) is 2.99. The van der Waals surface area contributed by atoms with Crippen LogP contribution in [-0.2, 0) is 28.6 Å². The number of hydrogen-bond acceptors (Lipinski definition) is 11. The van der Waals surface area contributed by atoms with E-state index >= 15 is 0 Å². The standard InChI is InChI=1S/C30H47N7O6.C3H8O/c1-8-23(27(32)39)19-26(42-17-13-12-16-38)25(20-33-7)37(15-11-10-14-35-29(41)43-30(4,5)6)21-36-28(40)24(34-9-2)18-22(3)31;1-3-4-2/h8,10-11,16,18-19H,1,7,9,12-15,17,20-21,31H2,2-6H3,(H2,32,39)(H,35,41)(H,36,40);3H2,1-2H3/b11-10+,22-18-,23-19+,26-25-,34-24?;. The number of nitrogens with one attached hydrogen (secondary N) is 2. The molecule has 0 aliphatic heterocycles. The van der Waals surface area contributed by atoms with Gasteiger partial charge in [0, 0.05) is 51.0 Å². The fourth-order valence-corrected chi connectivity index (χ4v) is 3.21. The predicted molar refractivity (Wildman–Crippen MR) is 187 cm³/mol. The summed E-state index contributed by atoms with van der Waals surface area (Å²) in [5, 5.41) is 5.46. The Balaban J connectivity index is 0. The van der Waals surface area contributed by atoms with Crippen LogP contribution in [0, 0.1) is 0 Å². The fourth-order valence-electron chi connectivity index (χ4n) is 3.21. The molecule has 0 rings (SSSR count). The van der Waals surface area contributed by atoms with Crippen LogP contribution >= 0.6 is 0 Å². The molecule has 0 aliphatic carbocycles. The SMILES string of the molecule is C=C/C(=C\C(OCCCC=O)=C(/CN=C)N(C/C=C/CNC(=O)OC(C)(C)C)CNC(=O)C(/C=C(/C)N)=NCC)C(N)=O.CCOC. The van der Waals surface area contributed by atoms with Gasteiger partial charge in [0.05, 0.1) is 25.5 Å². The smallest absolute Gasteiger partial charge is 0.407 e. The van der Waals surface area contributed by atoms with E-state index in [2.05, 4.69) is 38.7 Å². The van der Waals surface area contributed by atoms with Crippen molar-refractivity contribution in [2.45, 2.75) is 60.0 Å². The average molecular weight is 662 g/mol. The van der Waals surface area contributed by atoms with Gasteiger partial charge in [0.2, 0.25) is 5.91 Å². The number of aldehydes is 1. The van der Waals surface area contributed by atoms with E-state index in [4.69, 9.17) is 20.9 Å². The van der Waals surface area contributed by atoms with Crippen LogP contribution in [0.3, 0.4) is 0 Å². The van der Waals surface area contributed by atoms with Gasteiger partial charge in [0.1, 0.15) is 23.4 Å². The van der Waals surface area contributed by atoms with Crippen LogP contribution < -0.4 is 22.1 Å². The van der Waals surface area contributed by atoms with E-state index in [0.29, 0.717) is 24.4 Å². The number of carbonyl (C=O) groups is 4. The maximum atomic E-state index is 13.0. The Labute approximate surface area is 279 Å². The van der Waals surface area contributed by atoms with Gasteiger partial charge < -0.3 is 46.0 Å². The minimum absolute atomic E-state index is 0.0281. The lowest BCUT2D eigenvalue weighted by atomic mass is 10.2. The lowest BCUT2D eigenvalue weighted by Gasteiger charge is -2.28. The molecule has 0 unspecified atom stereocenters. The molecule has 14 heteroatoms. The summed E-state index contributed by atoms with van der Waals surface area (Å²) >= 11 is 0. The lowest BCUT2D eigenvalue weighted by molar-refractivity contribution is -0.115. The van der Waals surface area contributed by atoms with Crippen molar-refractivity contribution in [1.82, 2.24) is 15.5 Å². The number of primary amides is 1. The van der Waals surface area contributed by atoms with E-state index in [1.165, 1.54) is 18.2 Å². The number of carbonyl (C=O) groups excluding carboxylic acids is 4. The van der Waals surface area contributed by atoms with Crippen LogP contribution in [0.5, 0.6) is 0 Å².